The summed E-state index contributed by atoms with van der Waals surface area (Å²) >= 11 is 0. The molecule has 0 radical (unpaired) electrons. The molecule has 0 heterocycles. The van der Waals surface area contributed by atoms with E-state index in [1.807, 2.05) is 0 Å². The Labute approximate surface area is 130 Å². The summed E-state index contributed by atoms with van der Waals surface area (Å²) in [5.41, 5.74) is 2.93. The van der Waals surface area contributed by atoms with E-state index in [-0.39, 0.29) is 0 Å². The van der Waals surface area contributed by atoms with Crippen molar-refractivity contribution in [1.29, 1.82) is 0 Å². The van der Waals surface area contributed by atoms with E-state index < -0.39 is 0 Å². The zero-order valence-electron chi connectivity index (χ0n) is 14.1. The number of allylic oxidation sites excluding steroid dienone is 1. The van der Waals surface area contributed by atoms with Crippen molar-refractivity contribution >= 4 is 0 Å². The molecule has 0 aromatic heterocycles. The molecule has 4 aliphatic carbocycles. The predicted octanol–water partition coefficient (Wildman–Crippen LogP) is 4.95. The highest BCUT2D eigenvalue weighted by atomic mass is 16.3. The molecule has 0 amide bonds. The molecule has 5 atom stereocenters. The summed E-state index contributed by atoms with van der Waals surface area (Å²) in [4.78, 5) is 0. The number of rotatable bonds is 1. The van der Waals surface area contributed by atoms with Crippen molar-refractivity contribution in [2.24, 2.45) is 34.0 Å². The summed E-state index contributed by atoms with van der Waals surface area (Å²) in [7, 11) is 0. The number of fused-ring (bicyclic) bond motifs is 3. The molecule has 0 saturated heterocycles. The number of hydrogen-bond donors (Lipinski definition) is 1. The first-order chi connectivity index (χ1) is 9.91. The van der Waals surface area contributed by atoms with Gasteiger partial charge in [-0.05, 0) is 84.5 Å². The van der Waals surface area contributed by atoms with Crippen molar-refractivity contribution in [3.05, 3.63) is 11.6 Å². The van der Waals surface area contributed by atoms with E-state index in [1.165, 1.54) is 56.9 Å². The molecule has 1 N–H and O–H groups in total. The lowest BCUT2D eigenvalue weighted by atomic mass is 9.41. The average molecular weight is 288 g/mol. The molecule has 118 valence electrons. The van der Waals surface area contributed by atoms with Gasteiger partial charge in [0.1, 0.15) is 0 Å². The van der Waals surface area contributed by atoms with Crippen LogP contribution >= 0.6 is 0 Å². The molecule has 1 heteroatoms. The third-order valence-corrected chi connectivity index (χ3v) is 8.27. The third kappa shape index (κ3) is 1.79. The Morgan fingerprint density at radius 1 is 1.05 bits per heavy atom. The van der Waals surface area contributed by atoms with E-state index in [4.69, 9.17) is 0 Å². The molecular weight excluding hydrogens is 256 g/mol. The molecule has 3 saturated carbocycles. The van der Waals surface area contributed by atoms with Crippen LogP contribution < -0.4 is 0 Å². The quantitative estimate of drug-likeness (QED) is 0.677. The van der Waals surface area contributed by atoms with Crippen molar-refractivity contribution in [2.75, 3.05) is 6.61 Å². The molecule has 1 spiro atoms. The van der Waals surface area contributed by atoms with Gasteiger partial charge in [-0.1, -0.05) is 33.3 Å². The highest BCUT2D eigenvalue weighted by Gasteiger charge is 2.61. The second kappa shape index (κ2) is 4.37. The van der Waals surface area contributed by atoms with Gasteiger partial charge in [0.05, 0.1) is 6.61 Å². The molecule has 4 aliphatic rings. The van der Waals surface area contributed by atoms with Gasteiger partial charge in [-0.2, -0.15) is 0 Å². The Bertz CT molecular complexity index is 476. The van der Waals surface area contributed by atoms with Crippen LogP contribution in [0.3, 0.4) is 0 Å². The fourth-order valence-electron chi connectivity index (χ4n) is 7.55. The summed E-state index contributed by atoms with van der Waals surface area (Å²) in [5, 5.41) is 9.71. The van der Waals surface area contributed by atoms with Crippen LogP contribution in [-0.2, 0) is 0 Å². The normalized spacial score (nSPS) is 51.0. The number of aliphatic hydroxyl groups is 1. The maximum absolute atomic E-state index is 9.71. The molecule has 21 heavy (non-hydrogen) atoms. The minimum Gasteiger partial charge on any atom is -0.392 e. The summed E-state index contributed by atoms with van der Waals surface area (Å²) < 4.78 is 0. The smallest absolute Gasteiger partial charge is 0.0644 e. The van der Waals surface area contributed by atoms with Gasteiger partial charge in [0, 0.05) is 0 Å². The maximum atomic E-state index is 9.71. The van der Waals surface area contributed by atoms with Crippen LogP contribution in [-0.4, -0.2) is 11.7 Å². The van der Waals surface area contributed by atoms with Gasteiger partial charge >= 0.3 is 0 Å². The Hall–Kier alpha value is -0.300. The molecule has 2 bridgehead atoms. The highest BCUT2D eigenvalue weighted by Crippen LogP contribution is 2.70. The third-order valence-electron chi connectivity index (χ3n) is 8.27. The van der Waals surface area contributed by atoms with Gasteiger partial charge in [-0.3, -0.25) is 0 Å². The van der Waals surface area contributed by atoms with E-state index in [2.05, 4.69) is 26.8 Å². The SMILES string of the molecule is CC1(C)CCC[C@]2(C)[C@@H]1CC[C@@]13C=C(CO)[C@@H](CC[C@@H]12)C3. The van der Waals surface area contributed by atoms with Gasteiger partial charge in [0.15, 0.2) is 0 Å². The second-order valence-electron chi connectivity index (χ2n) is 9.58. The van der Waals surface area contributed by atoms with Crippen LogP contribution in [0.5, 0.6) is 0 Å². The van der Waals surface area contributed by atoms with E-state index in [1.54, 1.807) is 0 Å². The predicted molar refractivity (Wildman–Crippen MR) is 86.9 cm³/mol. The van der Waals surface area contributed by atoms with Crippen LogP contribution in [0.25, 0.3) is 0 Å². The van der Waals surface area contributed by atoms with Gasteiger partial charge in [0.25, 0.3) is 0 Å². The molecular formula is C20H32O. The molecule has 1 nitrogen and oxygen atoms in total. The van der Waals surface area contributed by atoms with Crippen molar-refractivity contribution in [2.45, 2.75) is 72.1 Å². The van der Waals surface area contributed by atoms with Crippen LogP contribution in [0, 0.1) is 34.0 Å². The zero-order valence-corrected chi connectivity index (χ0v) is 14.1. The molecule has 3 fully saturated rings. The van der Waals surface area contributed by atoms with Crippen molar-refractivity contribution < 1.29 is 5.11 Å². The second-order valence-corrected chi connectivity index (χ2v) is 9.58. The Balaban J connectivity index is 1.74. The average Bonchev–Trinajstić information content (AvgIpc) is 2.68. The van der Waals surface area contributed by atoms with Crippen molar-refractivity contribution in [3.8, 4) is 0 Å². The number of aliphatic hydroxyl groups excluding tert-OH is 1. The van der Waals surface area contributed by atoms with Crippen LogP contribution in [0.2, 0.25) is 0 Å². The summed E-state index contributed by atoms with van der Waals surface area (Å²) in [6, 6.07) is 0. The largest absolute Gasteiger partial charge is 0.392 e. The first-order valence-electron chi connectivity index (χ1n) is 9.24. The van der Waals surface area contributed by atoms with E-state index in [0.29, 0.717) is 28.8 Å². The van der Waals surface area contributed by atoms with Crippen LogP contribution in [0.1, 0.15) is 72.1 Å². The summed E-state index contributed by atoms with van der Waals surface area (Å²) in [6.07, 6.45) is 13.8. The van der Waals surface area contributed by atoms with Crippen LogP contribution in [0.15, 0.2) is 11.6 Å². The van der Waals surface area contributed by atoms with E-state index in [0.717, 1.165) is 11.8 Å². The fourth-order valence-corrected chi connectivity index (χ4v) is 7.55. The molecule has 0 aromatic rings. The Morgan fingerprint density at radius 3 is 2.62 bits per heavy atom. The summed E-state index contributed by atoms with van der Waals surface area (Å²) in [6.45, 7) is 8.00. The maximum Gasteiger partial charge on any atom is 0.0644 e. The lowest BCUT2D eigenvalue weighted by molar-refractivity contribution is -0.133. The lowest BCUT2D eigenvalue weighted by Gasteiger charge is -2.63. The van der Waals surface area contributed by atoms with Gasteiger partial charge in [-0.25, -0.2) is 0 Å². The highest BCUT2D eigenvalue weighted by molar-refractivity contribution is 5.28. The van der Waals surface area contributed by atoms with Crippen LogP contribution in [0.4, 0.5) is 0 Å². The molecule has 0 aliphatic heterocycles. The van der Waals surface area contributed by atoms with E-state index in [9.17, 15) is 5.11 Å². The van der Waals surface area contributed by atoms with Gasteiger partial charge in [-0.15, -0.1) is 0 Å². The van der Waals surface area contributed by atoms with E-state index >= 15 is 0 Å². The standard InChI is InChI=1S/C20H32O/c1-18(2)8-4-9-19(3)16(18)7-10-20-11-14(5-6-17(19)20)15(12-20)13-21/h12,14,16-17,21H,4-11,13H2,1-3H3/t14-,16+,17+,19+,20+/m0/s1. The van der Waals surface area contributed by atoms with Gasteiger partial charge in [0.2, 0.25) is 0 Å². The first kappa shape index (κ1) is 14.3. The minimum absolute atomic E-state index is 0.310. The Kier molecular flexibility index (Phi) is 2.98. The Morgan fingerprint density at radius 2 is 1.86 bits per heavy atom. The monoisotopic (exact) mass is 288 g/mol. The minimum atomic E-state index is 0.310. The fraction of sp³-hybridized carbons (Fsp3) is 0.900. The van der Waals surface area contributed by atoms with Crippen molar-refractivity contribution in [3.63, 3.8) is 0 Å². The number of hydrogen-bond acceptors (Lipinski definition) is 1. The zero-order chi connectivity index (χ0) is 14.9. The first-order valence-corrected chi connectivity index (χ1v) is 9.24. The lowest BCUT2D eigenvalue weighted by Crippen LogP contribution is -2.55. The molecule has 0 unspecified atom stereocenters. The molecule has 0 aromatic carbocycles. The summed E-state index contributed by atoms with van der Waals surface area (Å²) in [5.74, 6) is 2.50. The molecule has 4 rings (SSSR count). The van der Waals surface area contributed by atoms with Crippen molar-refractivity contribution in [1.82, 2.24) is 0 Å². The van der Waals surface area contributed by atoms with Gasteiger partial charge < -0.3 is 5.11 Å². The topological polar surface area (TPSA) is 20.2 Å².